The monoisotopic (exact) mass is 387 g/mol. The van der Waals surface area contributed by atoms with Crippen molar-refractivity contribution in [1.82, 2.24) is 10.5 Å². The van der Waals surface area contributed by atoms with Gasteiger partial charge in [-0.05, 0) is 60.6 Å². The molecule has 150 valence electrons. The van der Waals surface area contributed by atoms with Crippen LogP contribution in [0.15, 0.2) is 30.5 Å². The largest absolute Gasteiger partial charge is 0.381 e. The number of carbonyl (C=O) groups excluding carboxylic acids is 1. The van der Waals surface area contributed by atoms with Crippen molar-refractivity contribution in [2.45, 2.75) is 45.1 Å². The van der Waals surface area contributed by atoms with E-state index in [0.717, 1.165) is 23.1 Å². The molecule has 1 aliphatic heterocycles. The summed E-state index contributed by atoms with van der Waals surface area (Å²) in [7, 11) is 0. The average Bonchev–Trinajstić information content (AvgIpc) is 2.74. The molecule has 1 saturated heterocycles. The Bertz CT molecular complexity index is 851. The highest BCUT2D eigenvalue weighted by atomic mass is 19.1. The molecule has 1 aliphatic rings. The van der Waals surface area contributed by atoms with Crippen molar-refractivity contribution < 1.29 is 19.1 Å². The number of hydroxylamine groups is 1. The smallest absolute Gasteiger partial charge is 0.276 e. The first-order valence-electron chi connectivity index (χ1n) is 9.61. The third-order valence-corrected chi connectivity index (χ3v) is 5.38. The SMILES string of the molecule is CCc1ccc(F)cc1C1(Nc2ncc(C(=O)NO)cc2CC)CCOCC1. The van der Waals surface area contributed by atoms with Crippen LogP contribution in [0.4, 0.5) is 10.2 Å². The Kier molecular flexibility index (Phi) is 6.26. The molecular weight excluding hydrogens is 361 g/mol. The molecule has 0 spiro atoms. The third-order valence-electron chi connectivity index (χ3n) is 5.38. The first-order valence-corrected chi connectivity index (χ1v) is 9.61. The molecule has 6 nitrogen and oxygen atoms in total. The lowest BCUT2D eigenvalue weighted by atomic mass is 9.79. The minimum absolute atomic E-state index is 0.265. The number of pyridine rings is 1. The molecular formula is C21H26FN3O3. The Hall–Kier alpha value is -2.51. The van der Waals surface area contributed by atoms with Gasteiger partial charge in [0.05, 0.1) is 11.1 Å². The molecule has 1 amide bonds. The molecule has 0 unspecified atom stereocenters. The van der Waals surface area contributed by atoms with Gasteiger partial charge in [0, 0.05) is 19.4 Å². The normalized spacial score (nSPS) is 15.9. The number of ether oxygens (including phenoxy) is 1. The van der Waals surface area contributed by atoms with Gasteiger partial charge in [-0.2, -0.15) is 0 Å². The fraction of sp³-hybridized carbons (Fsp3) is 0.429. The van der Waals surface area contributed by atoms with Crippen LogP contribution >= 0.6 is 0 Å². The van der Waals surface area contributed by atoms with Crippen molar-refractivity contribution in [3.8, 4) is 0 Å². The summed E-state index contributed by atoms with van der Waals surface area (Å²) in [5.74, 6) is -0.211. The van der Waals surface area contributed by atoms with E-state index in [1.165, 1.54) is 12.3 Å². The summed E-state index contributed by atoms with van der Waals surface area (Å²) in [6, 6.07) is 6.65. The second-order valence-corrected chi connectivity index (χ2v) is 7.00. The minimum Gasteiger partial charge on any atom is -0.381 e. The summed E-state index contributed by atoms with van der Waals surface area (Å²) >= 11 is 0. The highest BCUT2D eigenvalue weighted by Crippen LogP contribution is 2.38. The third kappa shape index (κ3) is 4.00. The van der Waals surface area contributed by atoms with Gasteiger partial charge in [-0.15, -0.1) is 0 Å². The summed E-state index contributed by atoms with van der Waals surface area (Å²) in [6.45, 7) is 5.17. The number of benzene rings is 1. The molecule has 0 radical (unpaired) electrons. The molecule has 0 saturated carbocycles. The number of anilines is 1. The molecule has 3 rings (SSSR count). The van der Waals surface area contributed by atoms with E-state index >= 15 is 0 Å². The Morgan fingerprint density at radius 2 is 1.93 bits per heavy atom. The molecule has 2 aromatic rings. The molecule has 2 heterocycles. The van der Waals surface area contributed by atoms with Gasteiger partial charge in [0.25, 0.3) is 5.91 Å². The molecule has 1 aromatic heterocycles. The molecule has 3 N–H and O–H groups in total. The molecule has 0 aliphatic carbocycles. The fourth-order valence-corrected chi connectivity index (χ4v) is 3.79. The Morgan fingerprint density at radius 1 is 1.21 bits per heavy atom. The van der Waals surface area contributed by atoms with E-state index in [1.807, 2.05) is 13.0 Å². The number of carbonyl (C=O) groups is 1. The second kappa shape index (κ2) is 8.67. The molecule has 28 heavy (non-hydrogen) atoms. The number of halogens is 1. The maximum atomic E-state index is 14.1. The lowest BCUT2D eigenvalue weighted by Crippen LogP contribution is -2.42. The van der Waals surface area contributed by atoms with Crippen molar-refractivity contribution in [3.05, 3.63) is 58.5 Å². The van der Waals surface area contributed by atoms with Gasteiger partial charge in [-0.1, -0.05) is 19.9 Å². The summed E-state index contributed by atoms with van der Waals surface area (Å²) in [4.78, 5) is 16.2. The van der Waals surface area contributed by atoms with E-state index in [4.69, 9.17) is 9.94 Å². The van der Waals surface area contributed by atoms with Crippen LogP contribution in [0.1, 0.15) is 53.7 Å². The van der Waals surface area contributed by atoms with Crippen LogP contribution in [-0.4, -0.2) is 29.3 Å². The molecule has 1 aromatic carbocycles. The summed E-state index contributed by atoms with van der Waals surface area (Å²) < 4.78 is 19.7. The van der Waals surface area contributed by atoms with E-state index in [9.17, 15) is 9.18 Å². The van der Waals surface area contributed by atoms with E-state index in [0.29, 0.717) is 38.3 Å². The number of hydrogen-bond donors (Lipinski definition) is 3. The predicted molar refractivity (Wildman–Crippen MR) is 104 cm³/mol. The van der Waals surface area contributed by atoms with Gasteiger partial charge in [0.2, 0.25) is 0 Å². The number of rotatable bonds is 6. The zero-order chi connectivity index (χ0) is 20.1. The highest BCUT2D eigenvalue weighted by molar-refractivity contribution is 5.93. The minimum atomic E-state index is -0.604. The molecule has 1 fully saturated rings. The van der Waals surface area contributed by atoms with Crippen LogP contribution in [0.25, 0.3) is 0 Å². The molecule has 0 bridgehead atoms. The van der Waals surface area contributed by atoms with E-state index in [1.54, 1.807) is 17.6 Å². The van der Waals surface area contributed by atoms with Gasteiger partial charge in [0.1, 0.15) is 11.6 Å². The van der Waals surface area contributed by atoms with Crippen LogP contribution in [-0.2, 0) is 23.1 Å². The number of hydrogen-bond acceptors (Lipinski definition) is 5. The lowest BCUT2D eigenvalue weighted by Gasteiger charge is -2.40. The first kappa shape index (κ1) is 20.2. The zero-order valence-corrected chi connectivity index (χ0v) is 16.2. The quantitative estimate of drug-likeness (QED) is 0.521. The second-order valence-electron chi connectivity index (χ2n) is 7.00. The van der Waals surface area contributed by atoms with Crippen molar-refractivity contribution >= 4 is 11.7 Å². The van der Waals surface area contributed by atoms with Gasteiger partial charge < -0.3 is 10.1 Å². The van der Waals surface area contributed by atoms with Gasteiger partial charge >= 0.3 is 0 Å². The van der Waals surface area contributed by atoms with Crippen LogP contribution in [0.3, 0.4) is 0 Å². The highest BCUT2D eigenvalue weighted by Gasteiger charge is 2.37. The molecule has 0 atom stereocenters. The predicted octanol–water partition coefficient (Wildman–Crippen LogP) is 3.58. The summed E-state index contributed by atoms with van der Waals surface area (Å²) in [5.41, 5.74) is 4.28. The van der Waals surface area contributed by atoms with Crippen LogP contribution in [0.5, 0.6) is 0 Å². The number of nitrogens with zero attached hydrogens (tertiary/aromatic N) is 1. The van der Waals surface area contributed by atoms with Crippen LogP contribution in [0.2, 0.25) is 0 Å². The van der Waals surface area contributed by atoms with E-state index in [2.05, 4.69) is 17.2 Å². The van der Waals surface area contributed by atoms with Crippen LogP contribution < -0.4 is 10.8 Å². The Labute approximate surface area is 164 Å². The average molecular weight is 387 g/mol. The van der Waals surface area contributed by atoms with Crippen molar-refractivity contribution in [1.29, 1.82) is 0 Å². The summed E-state index contributed by atoms with van der Waals surface area (Å²) in [6.07, 6.45) is 4.24. The zero-order valence-electron chi connectivity index (χ0n) is 16.2. The number of aromatic nitrogens is 1. The van der Waals surface area contributed by atoms with Crippen molar-refractivity contribution in [3.63, 3.8) is 0 Å². The maximum absolute atomic E-state index is 14.1. The first-order chi connectivity index (χ1) is 13.5. The standard InChI is InChI=1S/C21H26FN3O3/c1-3-14-5-6-17(22)12-18(14)21(7-9-28-10-8-21)24-19-15(4-2)11-16(13-23-19)20(26)25-27/h5-6,11-13,27H,3-4,7-10H2,1-2H3,(H,23,24)(H,25,26). The lowest BCUT2D eigenvalue weighted by molar-refractivity contribution is 0.0589. The topological polar surface area (TPSA) is 83.5 Å². The van der Waals surface area contributed by atoms with Crippen LogP contribution in [0, 0.1) is 5.82 Å². The van der Waals surface area contributed by atoms with Gasteiger partial charge in [-0.25, -0.2) is 14.9 Å². The summed E-state index contributed by atoms with van der Waals surface area (Å²) in [5, 5.41) is 12.4. The fourth-order valence-electron chi connectivity index (χ4n) is 3.79. The van der Waals surface area contributed by atoms with Crippen molar-refractivity contribution in [2.24, 2.45) is 0 Å². The number of nitrogens with one attached hydrogen (secondary N) is 2. The van der Waals surface area contributed by atoms with Gasteiger partial charge in [-0.3, -0.25) is 10.0 Å². The number of amides is 1. The Balaban J connectivity index is 2.05. The maximum Gasteiger partial charge on any atom is 0.276 e. The molecule has 7 heteroatoms. The van der Waals surface area contributed by atoms with Crippen molar-refractivity contribution in [2.75, 3.05) is 18.5 Å². The van der Waals surface area contributed by atoms with Gasteiger partial charge in [0.15, 0.2) is 0 Å². The number of aryl methyl sites for hydroxylation is 2. The Morgan fingerprint density at radius 3 is 2.57 bits per heavy atom. The van der Waals surface area contributed by atoms with E-state index < -0.39 is 11.4 Å². The van der Waals surface area contributed by atoms with E-state index in [-0.39, 0.29) is 11.4 Å².